The molecule has 0 saturated heterocycles. The SMILES string of the molecule is COc1ccc(COc2ccc(C(N)=S)cc2Cl)c(F)c1. The summed E-state index contributed by atoms with van der Waals surface area (Å²) >= 11 is 10.9. The standard InChI is InChI=1S/C15H13ClFNO2S/c1-19-11-4-2-10(13(17)7-11)8-20-14-5-3-9(15(18)21)6-12(14)16/h2-7H,8H2,1H3,(H2,18,21). The molecule has 0 aliphatic rings. The number of ether oxygens (including phenoxy) is 2. The molecule has 0 aliphatic heterocycles. The van der Waals surface area contributed by atoms with Crippen molar-refractivity contribution < 1.29 is 13.9 Å². The molecule has 2 aromatic rings. The molecule has 0 aliphatic carbocycles. The first-order valence-electron chi connectivity index (χ1n) is 6.06. The number of thiocarbonyl (C=S) groups is 1. The fourth-order valence-corrected chi connectivity index (χ4v) is 2.06. The maximum atomic E-state index is 13.8. The first kappa shape index (κ1) is 15.5. The Hall–Kier alpha value is -1.85. The molecule has 2 aromatic carbocycles. The minimum absolute atomic E-state index is 0.0575. The van der Waals surface area contributed by atoms with E-state index in [2.05, 4.69) is 0 Å². The van der Waals surface area contributed by atoms with Crippen LogP contribution in [0.15, 0.2) is 36.4 Å². The molecule has 0 spiro atoms. The van der Waals surface area contributed by atoms with Crippen LogP contribution in [-0.4, -0.2) is 12.1 Å². The topological polar surface area (TPSA) is 44.5 Å². The summed E-state index contributed by atoms with van der Waals surface area (Å²) in [5.74, 6) is 0.493. The zero-order valence-corrected chi connectivity index (χ0v) is 12.8. The maximum Gasteiger partial charge on any atom is 0.138 e. The molecule has 2 rings (SSSR count). The number of halogens is 2. The lowest BCUT2D eigenvalue weighted by atomic mass is 10.2. The summed E-state index contributed by atoms with van der Waals surface area (Å²) in [6.07, 6.45) is 0. The van der Waals surface area contributed by atoms with Gasteiger partial charge in [0.25, 0.3) is 0 Å². The highest BCUT2D eigenvalue weighted by atomic mass is 35.5. The van der Waals surface area contributed by atoms with E-state index in [4.69, 9.17) is 39.0 Å². The number of hydrogen-bond donors (Lipinski definition) is 1. The Labute approximate surface area is 132 Å². The van der Waals surface area contributed by atoms with Crippen molar-refractivity contribution in [2.24, 2.45) is 5.73 Å². The van der Waals surface area contributed by atoms with E-state index >= 15 is 0 Å². The normalized spacial score (nSPS) is 10.2. The molecule has 0 saturated carbocycles. The van der Waals surface area contributed by atoms with Crippen LogP contribution in [0.2, 0.25) is 5.02 Å². The molecule has 0 aromatic heterocycles. The van der Waals surface area contributed by atoms with Gasteiger partial charge in [0, 0.05) is 17.2 Å². The monoisotopic (exact) mass is 325 g/mol. The summed E-state index contributed by atoms with van der Waals surface area (Å²) in [5, 5.41) is 0.370. The summed E-state index contributed by atoms with van der Waals surface area (Å²) in [4.78, 5) is 0.254. The van der Waals surface area contributed by atoms with E-state index in [0.717, 1.165) is 0 Å². The fourth-order valence-electron chi connectivity index (χ4n) is 1.70. The van der Waals surface area contributed by atoms with Gasteiger partial charge >= 0.3 is 0 Å². The van der Waals surface area contributed by atoms with Crippen LogP contribution in [0.3, 0.4) is 0 Å². The van der Waals surface area contributed by atoms with Crippen molar-refractivity contribution in [2.75, 3.05) is 7.11 Å². The van der Waals surface area contributed by atoms with Crippen molar-refractivity contribution in [3.63, 3.8) is 0 Å². The van der Waals surface area contributed by atoms with Crippen molar-refractivity contribution in [3.05, 3.63) is 58.4 Å². The Morgan fingerprint density at radius 3 is 2.62 bits per heavy atom. The summed E-state index contributed by atoms with van der Waals surface area (Å²) in [6.45, 7) is 0.0575. The summed E-state index contributed by atoms with van der Waals surface area (Å²) < 4.78 is 24.2. The van der Waals surface area contributed by atoms with Gasteiger partial charge in [-0.15, -0.1) is 0 Å². The Morgan fingerprint density at radius 2 is 2.05 bits per heavy atom. The average molecular weight is 326 g/mol. The molecule has 0 bridgehead atoms. The summed E-state index contributed by atoms with van der Waals surface area (Å²) in [5.41, 5.74) is 6.57. The van der Waals surface area contributed by atoms with Gasteiger partial charge < -0.3 is 15.2 Å². The smallest absolute Gasteiger partial charge is 0.138 e. The van der Waals surface area contributed by atoms with Crippen LogP contribution in [0.25, 0.3) is 0 Å². The van der Waals surface area contributed by atoms with Gasteiger partial charge in [0.05, 0.1) is 12.1 Å². The van der Waals surface area contributed by atoms with Gasteiger partial charge in [-0.2, -0.15) is 0 Å². The van der Waals surface area contributed by atoms with Crippen LogP contribution in [-0.2, 0) is 6.61 Å². The van der Waals surface area contributed by atoms with Crippen molar-refractivity contribution in [1.82, 2.24) is 0 Å². The Balaban J connectivity index is 2.11. The van der Waals surface area contributed by atoms with Crippen molar-refractivity contribution >= 4 is 28.8 Å². The Morgan fingerprint density at radius 1 is 1.29 bits per heavy atom. The average Bonchev–Trinajstić information content (AvgIpc) is 2.46. The van der Waals surface area contributed by atoms with E-state index in [0.29, 0.717) is 27.6 Å². The number of methoxy groups -OCH3 is 1. The van der Waals surface area contributed by atoms with Crippen LogP contribution in [0.4, 0.5) is 4.39 Å². The van der Waals surface area contributed by atoms with E-state index < -0.39 is 5.82 Å². The van der Waals surface area contributed by atoms with Crippen LogP contribution < -0.4 is 15.2 Å². The lowest BCUT2D eigenvalue weighted by Crippen LogP contribution is -2.09. The van der Waals surface area contributed by atoms with E-state index in [1.807, 2.05) is 0 Å². The third-order valence-electron chi connectivity index (χ3n) is 2.86. The quantitative estimate of drug-likeness (QED) is 0.851. The van der Waals surface area contributed by atoms with E-state index in [1.54, 1.807) is 30.3 Å². The maximum absolute atomic E-state index is 13.8. The minimum Gasteiger partial charge on any atom is -0.497 e. The minimum atomic E-state index is -0.398. The van der Waals surface area contributed by atoms with Gasteiger partial charge in [0.15, 0.2) is 0 Å². The van der Waals surface area contributed by atoms with Crippen molar-refractivity contribution in [1.29, 1.82) is 0 Å². The zero-order valence-electron chi connectivity index (χ0n) is 11.2. The molecule has 0 heterocycles. The van der Waals surface area contributed by atoms with Crippen molar-refractivity contribution in [2.45, 2.75) is 6.61 Å². The second-order valence-corrected chi connectivity index (χ2v) is 5.10. The lowest BCUT2D eigenvalue weighted by molar-refractivity contribution is 0.299. The highest BCUT2D eigenvalue weighted by Crippen LogP contribution is 2.27. The highest BCUT2D eigenvalue weighted by Gasteiger charge is 2.08. The summed E-state index contributed by atoms with van der Waals surface area (Å²) in [6, 6.07) is 9.54. The number of hydrogen-bond acceptors (Lipinski definition) is 3. The Kier molecular flexibility index (Phi) is 4.98. The fraction of sp³-hybridized carbons (Fsp3) is 0.133. The third-order valence-corrected chi connectivity index (χ3v) is 3.39. The molecular weight excluding hydrogens is 313 g/mol. The van der Waals surface area contributed by atoms with Crippen LogP contribution in [0.1, 0.15) is 11.1 Å². The van der Waals surface area contributed by atoms with E-state index in [1.165, 1.54) is 13.2 Å². The molecule has 0 amide bonds. The van der Waals surface area contributed by atoms with Crippen LogP contribution >= 0.6 is 23.8 Å². The van der Waals surface area contributed by atoms with Crippen molar-refractivity contribution in [3.8, 4) is 11.5 Å². The molecule has 0 atom stereocenters. The largest absolute Gasteiger partial charge is 0.497 e. The lowest BCUT2D eigenvalue weighted by Gasteiger charge is -2.10. The van der Waals surface area contributed by atoms with Gasteiger partial charge in [-0.25, -0.2) is 4.39 Å². The molecule has 0 radical (unpaired) electrons. The zero-order chi connectivity index (χ0) is 15.4. The first-order chi connectivity index (χ1) is 10.0. The van der Waals surface area contributed by atoms with Gasteiger partial charge in [0.2, 0.25) is 0 Å². The number of rotatable bonds is 5. The molecule has 6 heteroatoms. The first-order valence-corrected chi connectivity index (χ1v) is 6.84. The van der Waals surface area contributed by atoms with Gasteiger partial charge in [-0.05, 0) is 30.3 Å². The molecule has 0 fully saturated rings. The Bertz CT molecular complexity index is 679. The van der Waals surface area contributed by atoms with Gasteiger partial charge in [-0.3, -0.25) is 0 Å². The van der Waals surface area contributed by atoms with Gasteiger partial charge in [0.1, 0.15) is 28.9 Å². The molecule has 0 unspecified atom stereocenters. The predicted octanol–water partition coefficient (Wildman–Crippen LogP) is 3.70. The predicted molar refractivity (Wildman–Crippen MR) is 84.6 cm³/mol. The second-order valence-electron chi connectivity index (χ2n) is 4.26. The van der Waals surface area contributed by atoms with Crippen LogP contribution in [0.5, 0.6) is 11.5 Å². The third kappa shape index (κ3) is 3.83. The number of benzene rings is 2. The summed E-state index contributed by atoms with van der Waals surface area (Å²) in [7, 11) is 1.48. The molecule has 3 nitrogen and oxygen atoms in total. The second kappa shape index (κ2) is 6.74. The molecule has 2 N–H and O–H groups in total. The van der Waals surface area contributed by atoms with E-state index in [9.17, 15) is 4.39 Å². The van der Waals surface area contributed by atoms with E-state index in [-0.39, 0.29) is 11.6 Å². The molecule has 110 valence electrons. The number of nitrogens with two attached hydrogens (primary N) is 1. The van der Waals surface area contributed by atoms with Crippen LogP contribution in [0, 0.1) is 5.82 Å². The van der Waals surface area contributed by atoms with Gasteiger partial charge in [-0.1, -0.05) is 23.8 Å². The molecular formula is C15H13ClFNO2S. The molecule has 21 heavy (non-hydrogen) atoms. The highest BCUT2D eigenvalue weighted by molar-refractivity contribution is 7.80.